The number of hydrogen-bond donors (Lipinski definition) is 1. The fraction of sp³-hybridized carbons (Fsp3) is 0.353. The predicted octanol–water partition coefficient (Wildman–Crippen LogP) is 3.24. The molecule has 3 heterocycles. The van der Waals surface area contributed by atoms with Gasteiger partial charge in [0.25, 0.3) is 5.91 Å². The Morgan fingerprint density at radius 1 is 1.42 bits per heavy atom. The lowest BCUT2D eigenvalue weighted by Gasteiger charge is -2.16. The van der Waals surface area contributed by atoms with Gasteiger partial charge in [0.15, 0.2) is 5.69 Å². The second kappa shape index (κ2) is 6.60. The van der Waals surface area contributed by atoms with Gasteiger partial charge in [-0.3, -0.25) is 14.6 Å². The highest BCUT2D eigenvalue weighted by Crippen LogP contribution is 2.23. The summed E-state index contributed by atoms with van der Waals surface area (Å²) in [4.78, 5) is 15.4. The fourth-order valence-electron chi connectivity index (χ4n) is 2.76. The Morgan fingerprint density at radius 3 is 2.83 bits per heavy atom. The van der Waals surface area contributed by atoms with Crippen LogP contribution >= 0.6 is 11.3 Å². The van der Waals surface area contributed by atoms with Crippen LogP contribution in [0.1, 0.15) is 34.4 Å². The van der Waals surface area contributed by atoms with Crippen molar-refractivity contribution in [1.29, 1.82) is 0 Å². The molecule has 0 aliphatic rings. The number of aromatic nitrogens is 4. The average Bonchev–Trinajstić information content (AvgIpc) is 3.29. The van der Waals surface area contributed by atoms with Gasteiger partial charge in [-0.25, -0.2) is 0 Å². The molecule has 3 aromatic rings. The first-order valence-corrected chi connectivity index (χ1v) is 8.76. The van der Waals surface area contributed by atoms with Gasteiger partial charge in [0.05, 0.1) is 16.3 Å². The Labute approximate surface area is 145 Å². The van der Waals surface area contributed by atoms with Gasteiger partial charge in [0.2, 0.25) is 0 Å². The number of rotatable bonds is 5. The standard InChI is InChI=1S/C17H21N5OS/c1-5-22-12(3)13(11(2)20-22)10-21(4)17(23)15-9-14(18-19-15)16-7-6-8-24-16/h6-9H,5,10H2,1-4H3,(H,18,19). The summed E-state index contributed by atoms with van der Waals surface area (Å²) in [6.07, 6.45) is 0. The van der Waals surface area contributed by atoms with E-state index in [0.717, 1.165) is 34.1 Å². The molecule has 1 N–H and O–H groups in total. The van der Waals surface area contributed by atoms with Crippen molar-refractivity contribution in [2.24, 2.45) is 0 Å². The van der Waals surface area contributed by atoms with Crippen LogP contribution in [0.25, 0.3) is 10.6 Å². The summed E-state index contributed by atoms with van der Waals surface area (Å²) in [6.45, 7) is 7.44. The number of amides is 1. The molecule has 0 aliphatic carbocycles. The Kier molecular flexibility index (Phi) is 4.53. The molecule has 0 saturated carbocycles. The number of aryl methyl sites for hydroxylation is 2. The van der Waals surface area contributed by atoms with Crippen molar-refractivity contribution in [3.8, 4) is 10.6 Å². The molecule has 0 saturated heterocycles. The molecule has 0 aliphatic heterocycles. The lowest BCUT2D eigenvalue weighted by Crippen LogP contribution is -2.27. The third-order valence-corrected chi connectivity index (χ3v) is 5.06. The van der Waals surface area contributed by atoms with E-state index in [4.69, 9.17) is 0 Å². The zero-order valence-corrected chi connectivity index (χ0v) is 15.1. The van der Waals surface area contributed by atoms with Gasteiger partial charge in [0.1, 0.15) is 0 Å². The van der Waals surface area contributed by atoms with Crippen molar-refractivity contribution in [3.05, 3.63) is 46.2 Å². The molecule has 3 aromatic heterocycles. The molecule has 0 bridgehead atoms. The highest BCUT2D eigenvalue weighted by molar-refractivity contribution is 7.13. The van der Waals surface area contributed by atoms with Crippen LogP contribution in [0, 0.1) is 13.8 Å². The maximum absolute atomic E-state index is 12.7. The molecule has 0 fully saturated rings. The number of thiophene rings is 1. The molecule has 0 atom stereocenters. The van der Waals surface area contributed by atoms with E-state index in [2.05, 4.69) is 22.2 Å². The van der Waals surface area contributed by atoms with E-state index in [1.165, 1.54) is 0 Å². The molecule has 3 rings (SSSR count). The van der Waals surface area contributed by atoms with Gasteiger partial charge in [-0.2, -0.15) is 10.2 Å². The number of nitrogens with zero attached hydrogens (tertiary/aromatic N) is 4. The third kappa shape index (κ3) is 2.99. The molecular formula is C17H21N5OS. The van der Waals surface area contributed by atoms with Crippen LogP contribution in [0.15, 0.2) is 23.6 Å². The summed E-state index contributed by atoms with van der Waals surface area (Å²) in [5.74, 6) is -0.0999. The minimum absolute atomic E-state index is 0.0999. The van der Waals surface area contributed by atoms with Crippen LogP contribution in [-0.2, 0) is 13.1 Å². The second-order valence-electron chi connectivity index (χ2n) is 5.77. The zero-order valence-electron chi connectivity index (χ0n) is 14.3. The highest BCUT2D eigenvalue weighted by Gasteiger charge is 2.19. The third-order valence-electron chi connectivity index (χ3n) is 4.16. The Hall–Kier alpha value is -2.41. The van der Waals surface area contributed by atoms with Crippen LogP contribution < -0.4 is 0 Å². The van der Waals surface area contributed by atoms with Crippen LogP contribution in [0.5, 0.6) is 0 Å². The van der Waals surface area contributed by atoms with Gasteiger partial charge in [-0.1, -0.05) is 6.07 Å². The molecule has 0 spiro atoms. The van der Waals surface area contributed by atoms with E-state index < -0.39 is 0 Å². The monoisotopic (exact) mass is 343 g/mol. The minimum Gasteiger partial charge on any atom is -0.336 e. The van der Waals surface area contributed by atoms with E-state index >= 15 is 0 Å². The zero-order chi connectivity index (χ0) is 17.3. The summed E-state index contributed by atoms with van der Waals surface area (Å²) in [7, 11) is 1.80. The molecule has 24 heavy (non-hydrogen) atoms. The van der Waals surface area contributed by atoms with E-state index in [-0.39, 0.29) is 5.91 Å². The molecule has 0 radical (unpaired) electrons. The number of aromatic amines is 1. The normalized spacial score (nSPS) is 11.0. The van der Waals surface area contributed by atoms with Gasteiger partial charge >= 0.3 is 0 Å². The number of H-pyrrole nitrogens is 1. The fourth-order valence-corrected chi connectivity index (χ4v) is 3.46. The summed E-state index contributed by atoms with van der Waals surface area (Å²) in [5, 5.41) is 13.6. The Bertz CT molecular complexity index is 847. The smallest absolute Gasteiger partial charge is 0.274 e. The van der Waals surface area contributed by atoms with Gasteiger partial charge in [-0.05, 0) is 38.3 Å². The van der Waals surface area contributed by atoms with Crippen molar-refractivity contribution in [1.82, 2.24) is 24.9 Å². The number of hydrogen-bond acceptors (Lipinski definition) is 4. The SMILES string of the molecule is CCn1nc(C)c(CN(C)C(=O)c2cc(-c3cccs3)[nH]n2)c1C. The Morgan fingerprint density at radius 2 is 2.21 bits per heavy atom. The molecule has 0 unspecified atom stereocenters. The summed E-state index contributed by atoms with van der Waals surface area (Å²) in [6, 6.07) is 5.78. The molecular weight excluding hydrogens is 322 g/mol. The Balaban J connectivity index is 1.77. The van der Waals surface area contributed by atoms with Crippen molar-refractivity contribution in [3.63, 3.8) is 0 Å². The summed E-state index contributed by atoms with van der Waals surface area (Å²) in [5.41, 5.74) is 4.47. The van der Waals surface area contributed by atoms with Gasteiger partial charge < -0.3 is 4.90 Å². The van der Waals surface area contributed by atoms with Crippen LogP contribution in [0.4, 0.5) is 0 Å². The van der Waals surface area contributed by atoms with E-state index in [0.29, 0.717) is 12.2 Å². The lowest BCUT2D eigenvalue weighted by atomic mass is 10.2. The van der Waals surface area contributed by atoms with Crippen molar-refractivity contribution in [2.45, 2.75) is 33.9 Å². The lowest BCUT2D eigenvalue weighted by molar-refractivity contribution is 0.0779. The molecule has 7 heteroatoms. The average molecular weight is 343 g/mol. The molecule has 0 aromatic carbocycles. The number of carbonyl (C=O) groups excluding carboxylic acids is 1. The maximum Gasteiger partial charge on any atom is 0.274 e. The summed E-state index contributed by atoms with van der Waals surface area (Å²) < 4.78 is 1.96. The van der Waals surface area contributed by atoms with Crippen LogP contribution in [0.3, 0.4) is 0 Å². The largest absolute Gasteiger partial charge is 0.336 e. The van der Waals surface area contributed by atoms with E-state index in [1.54, 1.807) is 29.4 Å². The number of carbonyl (C=O) groups is 1. The molecule has 126 valence electrons. The maximum atomic E-state index is 12.7. The van der Waals surface area contributed by atoms with Crippen LogP contribution in [-0.4, -0.2) is 37.8 Å². The first-order valence-electron chi connectivity index (χ1n) is 7.89. The minimum atomic E-state index is -0.0999. The predicted molar refractivity (Wildman–Crippen MR) is 95.1 cm³/mol. The highest BCUT2D eigenvalue weighted by atomic mass is 32.1. The molecule has 6 nitrogen and oxygen atoms in total. The second-order valence-corrected chi connectivity index (χ2v) is 6.72. The van der Waals surface area contributed by atoms with E-state index in [1.807, 2.05) is 36.0 Å². The topological polar surface area (TPSA) is 66.8 Å². The van der Waals surface area contributed by atoms with Crippen molar-refractivity contribution in [2.75, 3.05) is 7.05 Å². The van der Waals surface area contributed by atoms with Crippen LogP contribution in [0.2, 0.25) is 0 Å². The van der Waals surface area contributed by atoms with E-state index in [9.17, 15) is 4.79 Å². The van der Waals surface area contributed by atoms with Crippen molar-refractivity contribution >= 4 is 17.2 Å². The quantitative estimate of drug-likeness (QED) is 0.773. The van der Waals surface area contributed by atoms with Crippen molar-refractivity contribution < 1.29 is 4.79 Å². The van der Waals surface area contributed by atoms with Gasteiger partial charge in [-0.15, -0.1) is 11.3 Å². The van der Waals surface area contributed by atoms with Gasteiger partial charge in [0, 0.05) is 31.4 Å². The number of nitrogens with one attached hydrogen (secondary N) is 1. The summed E-state index contributed by atoms with van der Waals surface area (Å²) >= 11 is 1.61. The molecule has 1 amide bonds. The first-order chi connectivity index (χ1) is 11.5. The first kappa shape index (κ1) is 16.4.